The molecule has 1 fully saturated rings. The van der Waals surface area contributed by atoms with E-state index in [4.69, 9.17) is 16.3 Å². The quantitative estimate of drug-likeness (QED) is 0.929. The van der Waals surface area contributed by atoms with Crippen LogP contribution in [0.4, 0.5) is 0 Å². The molecular weight excluding hydrogens is 284 g/mol. The summed E-state index contributed by atoms with van der Waals surface area (Å²) in [5.41, 5.74) is 2.99. The van der Waals surface area contributed by atoms with Crippen LogP contribution in [0.2, 0.25) is 5.02 Å². The number of rotatable bonds is 3. The minimum atomic E-state index is 0.216. The van der Waals surface area contributed by atoms with E-state index < -0.39 is 0 Å². The Hall–Kier alpha value is -0.610. The lowest BCUT2D eigenvalue weighted by molar-refractivity contribution is -0.0208. The van der Waals surface area contributed by atoms with E-state index in [9.17, 15) is 0 Å². The summed E-state index contributed by atoms with van der Waals surface area (Å²) in [6.45, 7) is 8.41. The fraction of sp³-hybridized carbons (Fsp3) is 0.647. The zero-order valence-corrected chi connectivity index (χ0v) is 13.9. The van der Waals surface area contributed by atoms with Crippen molar-refractivity contribution in [1.29, 1.82) is 0 Å². The topological polar surface area (TPSA) is 24.5 Å². The molecular formula is C17H25ClN2O. The zero-order chi connectivity index (χ0) is 15.0. The van der Waals surface area contributed by atoms with Crippen molar-refractivity contribution in [2.45, 2.75) is 32.4 Å². The molecule has 0 spiro atoms. The summed E-state index contributed by atoms with van der Waals surface area (Å²) < 4.78 is 5.86. The third-order valence-electron chi connectivity index (χ3n) is 4.74. The monoisotopic (exact) mass is 308 g/mol. The smallest absolute Gasteiger partial charge is 0.0826 e. The molecule has 21 heavy (non-hydrogen) atoms. The second-order valence-corrected chi connectivity index (χ2v) is 7.54. The van der Waals surface area contributed by atoms with Crippen LogP contribution in [0.5, 0.6) is 0 Å². The number of benzene rings is 1. The molecule has 1 aliphatic heterocycles. The highest BCUT2D eigenvalue weighted by Gasteiger charge is 2.39. The Balaban J connectivity index is 1.71. The van der Waals surface area contributed by atoms with Crippen molar-refractivity contribution in [2.75, 3.05) is 33.3 Å². The normalized spacial score (nSPS) is 28.6. The van der Waals surface area contributed by atoms with Gasteiger partial charge in [-0.3, -0.25) is 0 Å². The van der Waals surface area contributed by atoms with Gasteiger partial charge in [-0.2, -0.15) is 0 Å². The SMILES string of the molecule is CN1CCOC(CNC2c3cc(Cl)ccc3CC2(C)C)C1. The summed E-state index contributed by atoms with van der Waals surface area (Å²) in [6.07, 6.45) is 1.38. The Morgan fingerprint density at radius 2 is 2.24 bits per heavy atom. The Morgan fingerprint density at radius 3 is 3.00 bits per heavy atom. The number of morpholine rings is 1. The average Bonchev–Trinajstić information content (AvgIpc) is 2.66. The lowest BCUT2D eigenvalue weighted by Crippen LogP contribution is -2.46. The average molecular weight is 309 g/mol. The highest BCUT2D eigenvalue weighted by Crippen LogP contribution is 2.45. The first kappa shape index (κ1) is 15.3. The molecule has 2 atom stereocenters. The van der Waals surface area contributed by atoms with Crippen molar-refractivity contribution in [3.8, 4) is 0 Å². The number of nitrogens with zero attached hydrogens (tertiary/aromatic N) is 1. The van der Waals surface area contributed by atoms with Crippen molar-refractivity contribution in [2.24, 2.45) is 5.41 Å². The predicted octanol–water partition coefficient (Wildman–Crippen LogP) is 2.88. The van der Waals surface area contributed by atoms with Crippen LogP contribution in [0, 0.1) is 5.41 Å². The van der Waals surface area contributed by atoms with Crippen LogP contribution in [0.15, 0.2) is 18.2 Å². The molecule has 3 rings (SSSR count). The van der Waals surface area contributed by atoms with Crippen LogP contribution in [0.1, 0.15) is 31.0 Å². The third-order valence-corrected chi connectivity index (χ3v) is 4.97. The summed E-state index contributed by atoms with van der Waals surface area (Å²) >= 11 is 6.19. The second-order valence-electron chi connectivity index (χ2n) is 7.10. The van der Waals surface area contributed by atoms with Gasteiger partial charge in [0.05, 0.1) is 12.7 Å². The van der Waals surface area contributed by atoms with E-state index in [2.05, 4.69) is 43.2 Å². The lowest BCUT2D eigenvalue weighted by atomic mass is 9.85. The Morgan fingerprint density at radius 1 is 1.43 bits per heavy atom. The highest BCUT2D eigenvalue weighted by atomic mass is 35.5. The number of fused-ring (bicyclic) bond motifs is 1. The van der Waals surface area contributed by atoms with Crippen LogP contribution in [0.3, 0.4) is 0 Å². The van der Waals surface area contributed by atoms with Crippen LogP contribution in [-0.2, 0) is 11.2 Å². The van der Waals surface area contributed by atoms with Gasteiger partial charge < -0.3 is 15.0 Å². The predicted molar refractivity (Wildman–Crippen MR) is 86.9 cm³/mol. The first-order valence-electron chi connectivity index (χ1n) is 7.77. The van der Waals surface area contributed by atoms with E-state index in [1.807, 2.05) is 6.07 Å². The van der Waals surface area contributed by atoms with E-state index in [1.54, 1.807) is 0 Å². The van der Waals surface area contributed by atoms with Gasteiger partial charge in [-0.1, -0.05) is 31.5 Å². The van der Waals surface area contributed by atoms with Gasteiger partial charge in [0.25, 0.3) is 0 Å². The largest absolute Gasteiger partial charge is 0.374 e. The molecule has 1 aromatic carbocycles. The fourth-order valence-electron chi connectivity index (χ4n) is 3.64. The maximum absolute atomic E-state index is 6.19. The van der Waals surface area contributed by atoms with E-state index in [0.29, 0.717) is 6.04 Å². The molecule has 0 amide bonds. The van der Waals surface area contributed by atoms with Gasteiger partial charge in [-0.15, -0.1) is 0 Å². The summed E-state index contributed by atoms with van der Waals surface area (Å²) in [5, 5.41) is 4.56. The number of likely N-dealkylation sites (N-methyl/N-ethyl adjacent to an activating group) is 1. The molecule has 2 unspecified atom stereocenters. The van der Waals surface area contributed by atoms with Gasteiger partial charge in [0.2, 0.25) is 0 Å². The minimum Gasteiger partial charge on any atom is -0.374 e. The van der Waals surface area contributed by atoms with E-state index in [1.165, 1.54) is 11.1 Å². The summed E-state index contributed by atoms with van der Waals surface area (Å²) in [5.74, 6) is 0. The molecule has 4 heteroatoms. The molecule has 2 aliphatic rings. The summed E-state index contributed by atoms with van der Waals surface area (Å²) in [4.78, 5) is 2.33. The fourth-order valence-corrected chi connectivity index (χ4v) is 3.82. The number of ether oxygens (including phenoxy) is 1. The van der Waals surface area contributed by atoms with Crippen LogP contribution >= 0.6 is 11.6 Å². The lowest BCUT2D eigenvalue weighted by Gasteiger charge is -2.34. The Labute approximate surface area is 132 Å². The number of hydrogen-bond acceptors (Lipinski definition) is 3. The van der Waals surface area contributed by atoms with E-state index in [0.717, 1.165) is 37.7 Å². The van der Waals surface area contributed by atoms with Crippen molar-refractivity contribution in [3.05, 3.63) is 34.3 Å². The number of nitrogens with one attached hydrogen (secondary N) is 1. The molecule has 3 nitrogen and oxygen atoms in total. The molecule has 1 heterocycles. The molecule has 1 saturated heterocycles. The van der Waals surface area contributed by atoms with Gasteiger partial charge in [-0.05, 0) is 42.1 Å². The molecule has 0 saturated carbocycles. The molecule has 0 aromatic heterocycles. The molecule has 1 aliphatic carbocycles. The third kappa shape index (κ3) is 3.26. The van der Waals surface area contributed by atoms with Crippen molar-refractivity contribution >= 4 is 11.6 Å². The second kappa shape index (κ2) is 5.88. The molecule has 0 bridgehead atoms. The Kier molecular flexibility index (Phi) is 4.28. The van der Waals surface area contributed by atoms with Gasteiger partial charge in [0.1, 0.15) is 0 Å². The first-order chi connectivity index (χ1) is 9.95. The number of halogens is 1. The maximum Gasteiger partial charge on any atom is 0.0826 e. The van der Waals surface area contributed by atoms with E-state index in [-0.39, 0.29) is 11.5 Å². The van der Waals surface area contributed by atoms with Gasteiger partial charge in [0, 0.05) is 30.7 Å². The molecule has 1 aromatic rings. The van der Waals surface area contributed by atoms with Gasteiger partial charge in [-0.25, -0.2) is 0 Å². The van der Waals surface area contributed by atoms with Crippen LogP contribution in [-0.4, -0.2) is 44.3 Å². The van der Waals surface area contributed by atoms with Crippen LogP contribution in [0.25, 0.3) is 0 Å². The van der Waals surface area contributed by atoms with Crippen molar-refractivity contribution < 1.29 is 4.74 Å². The summed E-state index contributed by atoms with van der Waals surface area (Å²) in [6, 6.07) is 6.64. The van der Waals surface area contributed by atoms with Crippen LogP contribution < -0.4 is 5.32 Å². The molecule has 116 valence electrons. The molecule has 1 N–H and O–H groups in total. The van der Waals surface area contributed by atoms with Crippen molar-refractivity contribution in [1.82, 2.24) is 10.2 Å². The number of hydrogen-bond donors (Lipinski definition) is 1. The minimum absolute atomic E-state index is 0.216. The maximum atomic E-state index is 6.19. The van der Waals surface area contributed by atoms with E-state index >= 15 is 0 Å². The highest BCUT2D eigenvalue weighted by molar-refractivity contribution is 6.30. The van der Waals surface area contributed by atoms with Gasteiger partial charge in [0.15, 0.2) is 0 Å². The Bertz CT molecular complexity index is 518. The molecule has 0 radical (unpaired) electrons. The summed E-state index contributed by atoms with van der Waals surface area (Å²) in [7, 11) is 2.16. The van der Waals surface area contributed by atoms with Gasteiger partial charge >= 0.3 is 0 Å². The first-order valence-corrected chi connectivity index (χ1v) is 8.15. The van der Waals surface area contributed by atoms with Crippen molar-refractivity contribution in [3.63, 3.8) is 0 Å². The zero-order valence-electron chi connectivity index (χ0n) is 13.2. The standard InChI is InChI=1S/C17H25ClN2O/c1-17(2)9-12-4-5-13(18)8-15(12)16(17)19-10-14-11-20(3)6-7-21-14/h4-5,8,14,16,19H,6-7,9-11H2,1-3H3.